The van der Waals surface area contributed by atoms with Crippen molar-refractivity contribution < 1.29 is 23.6 Å². The standard InChI is InChI=1S/C23H20N2O5S/c1-29-21-10-9-20(13-22(21)30-2)31(3,28)25-23(27)18-11-17(14-24-15-18)8-7-16-5-4-6-19(26)12-16/h4-6,9-15,26H,1-3H3. The van der Waals surface area contributed by atoms with Crippen molar-refractivity contribution in [1.29, 1.82) is 0 Å². The van der Waals surface area contributed by atoms with Gasteiger partial charge in [-0.1, -0.05) is 17.9 Å². The summed E-state index contributed by atoms with van der Waals surface area (Å²) in [7, 11) is -0.0731. The molecular weight excluding hydrogens is 416 g/mol. The van der Waals surface area contributed by atoms with E-state index in [2.05, 4.69) is 21.2 Å². The highest BCUT2D eigenvalue weighted by Gasteiger charge is 2.15. The van der Waals surface area contributed by atoms with Gasteiger partial charge < -0.3 is 14.6 Å². The molecule has 158 valence electrons. The molecule has 0 bridgehead atoms. The van der Waals surface area contributed by atoms with Gasteiger partial charge in [-0.2, -0.15) is 4.36 Å². The Morgan fingerprint density at radius 2 is 1.74 bits per heavy atom. The molecule has 1 atom stereocenters. The quantitative estimate of drug-likeness (QED) is 0.629. The third-order valence-corrected chi connectivity index (χ3v) is 5.87. The Hall–Kier alpha value is -3.83. The van der Waals surface area contributed by atoms with E-state index in [9.17, 15) is 14.1 Å². The largest absolute Gasteiger partial charge is 0.508 e. The highest BCUT2D eigenvalue weighted by molar-refractivity contribution is 7.93. The Kier molecular flexibility index (Phi) is 6.58. The van der Waals surface area contributed by atoms with Crippen LogP contribution in [0.15, 0.2) is 70.2 Å². The lowest BCUT2D eigenvalue weighted by atomic mass is 10.1. The SMILES string of the molecule is COc1ccc(S(C)(=O)=NC(=O)c2cncc(C#Cc3cccc(O)c3)c2)cc1OC. The fraction of sp³-hybridized carbons (Fsp3) is 0.130. The summed E-state index contributed by atoms with van der Waals surface area (Å²) in [5.41, 5.74) is 1.27. The third-order valence-electron chi connectivity index (χ3n) is 4.23. The van der Waals surface area contributed by atoms with Gasteiger partial charge in [-0.15, -0.1) is 0 Å². The zero-order valence-corrected chi connectivity index (χ0v) is 18.0. The summed E-state index contributed by atoms with van der Waals surface area (Å²) in [6.07, 6.45) is 4.23. The van der Waals surface area contributed by atoms with Crippen molar-refractivity contribution in [2.45, 2.75) is 4.90 Å². The van der Waals surface area contributed by atoms with Crippen LogP contribution in [0.25, 0.3) is 0 Å². The van der Waals surface area contributed by atoms with Crippen LogP contribution in [0.5, 0.6) is 17.2 Å². The summed E-state index contributed by atoms with van der Waals surface area (Å²) in [5, 5.41) is 9.51. The van der Waals surface area contributed by atoms with Crippen LogP contribution in [0.1, 0.15) is 21.5 Å². The first kappa shape index (κ1) is 21.9. The number of carbonyl (C=O) groups excluding carboxylic acids is 1. The molecule has 0 aliphatic carbocycles. The monoisotopic (exact) mass is 436 g/mol. The molecule has 1 amide bonds. The van der Waals surface area contributed by atoms with Gasteiger partial charge in [0.1, 0.15) is 5.75 Å². The van der Waals surface area contributed by atoms with Gasteiger partial charge in [-0.05, 0) is 36.4 Å². The number of amides is 1. The van der Waals surface area contributed by atoms with E-state index in [1.807, 2.05) is 0 Å². The van der Waals surface area contributed by atoms with Crippen LogP contribution in [0.3, 0.4) is 0 Å². The van der Waals surface area contributed by atoms with Gasteiger partial charge in [0.05, 0.1) is 34.4 Å². The first-order valence-corrected chi connectivity index (χ1v) is 11.0. The summed E-state index contributed by atoms with van der Waals surface area (Å²) in [6, 6.07) is 12.8. The number of hydrogen-bond donors (Lipinski definition) is 1. The van der Waals surface area contributed by atoms with E-state index >= 15 is 0 Å². The van der Waals surface area contributed by atoms with Crippen LogP contribution >= 0.6 is 0 Å². The van der Waals surface area contributed by atoms with Gasteiger partial charge in [-0.3, -0.25) is 9.78 Å². The molecule has 3 rings (SSSR count). The number of hydrogen-bond acceptors (Lipinski definition) is 6. The Labute approximate surface area is 180 Å². The second-order valence-electron chi connectivity index (χ2n) is 6.48. The van der Waals surface area contributed by atoms with Gasteiger partial charge in [-0.25, -0.2) is 4.21 Å². The Morgan fingerprint density at radius 1 is 1.00 bits per heavy atom. The lowest BCUT2D eigenvalue weighted by molar-refractivity contribution is 0.100. The van der Waals surface area contributed by atoms with Crippen LogP contribution < -0.4 is 9.47 Å². The number of ether oxygens (including phenoxy) is 2. The van der Waals surface area contributed by atoms with Gasteiger partial charge in [0.25, 0.3) is 5.91 Å². The van der Waals surface area contributed by atoms with Crippen molar-refractivity contribution >= 4 is 15.6 Å². The summed E-state index contributed by atoms with van der Waals surface area (Å²) < 4.78 is 27.4. The Balaban J connectivity index is 1.90. The number of phenolic OH excluding ortho intramolecular Hbond substituents is 1. The summed E-state index contributed by atoms with van der Waals surface area (Å²) in [4.78, 5) is 17.0. The molecule has 2 aromatic carbocycles. The van der Waals surface area contributed by atoms with Gasteiger partial charge in [0, 0.05) is 35.8 Å². The number of rotatable bonds is 4. The molecule has 0 saturated carbocycles. The van der Waals surface area contributed by atoms with Crippen molar-refractivity contribution in [2.75, 3.05) is 20.5 Å². The van der Waals surface area contributed by atoms with Crippen LogP contribution in [-0.2, 0) is 9.73 Å². The Morgan fingerprint density at radius 3 is 2.45 bits per heavy atom. The molecule has 1 N–H and O–H groups in total. The van der Waals surface area contributed by atoms with Gasteiger partial charge in [0.2, 0.25) is 0 Å². The predicted octanol–water partition coefficient (Wildman–Crippen LogP) is 3.50. The van der Waals surface area contributed by atoms with Crippen molar-refractivity contribution in [3.8, 4) is 29.1 Å². The molecular formula is C23H20N2O5S. The van der Waals surface area contributed by atoms with Crippen molar-refractivity contribution in [3.63, 3.8) is 0 Å². The lowest BCUT2D eigenvalue weighted by Gasteiger charge is -2.10. The summed E-state index contributed by atoms with van der Waals surface area (Å²) in [6.45, 7) is 0. The van der Waals surface area contributed by atoms with E-state index in [0.29, 0.717) is 27.5 Å². The van der Waals surface area contributed by atoms with E-state index in [1.54, 1.807) is 30.3 Å². The minimum Gasteiger partial charge on any atom is -0.508 e. The number of carbonyl (C=O) groups is 1. The predicted molar refractivity (Wildman–Crippen MR) is 117 cm³/mol. The number of nitrogens with zero attached hydrogens (tertiary/aromatic N) is 2. The average Bonchev–Trinajstić information content (AvgIpc) is 2.77. The average molecular weight is 436 g/mol. The molecule has 0 spiro atoms. The van der Waals surface area contributed by atoms with E-state index in [1.165, 1.54) is 51.1 Å². The molecule has 1 aromatic heterocycles. The maximum Gasteiger partial charge on any atom is 0.286 e. The molecule has 8 heteroatoms. The molecule has 0 radical (unpaired) electrons. The Bertz CT molecular complexity index is 1310. The van der Waals surface area contributed by atoms with Crippen LogP contribution in [0.4, 0.5) is 0 Å². The number of phenols is 1. The zero-order chi connectivity index (χ0) is 22.4. The first-order valence-electron chi connectivity index (χ1n) is 9.07. The molecule has 1 heterocycles. The molecule has 0 aliphatic rings. The first-order chi connectivity index (χ1) is 14.8. The number of pyridine rings is 1. The van der Waals surface area contributed by atoms with Crippen molar-refractivity contribution in [1.82, 2.24) is 4.98 Å². The third kappa shape index (κ3) is 5.41. The summed E-state index contributed by atoms with van der Waals surface area (Å²) in [5.74, 6) is 6.09. The molecule has 7 nitrogen and oxygen atoms in total. The van der Waals surface area contributed by atoms with Crippen LogP contribution in [0, 0.1) is 11.8 Å². The van der Waals surface area contributed by atoms with Gasteiger partial charge in [0.15, 0.2) is 11.5 Å². The summed E-state index contributed by atoms with van der Waals surface area (Å²) >= 11 is 0. The second kappa shape index (κ2) is 9.32. The highest BCUT2D eigenvalue weighted by atomic mass is 32.2. The maximum atomic E-state index is 13.1. The van der Waals surface area contributed by atoms with Crippen LogP contribution in [-0.4, -0.2) is 40.7 Å². The normalized spacial score (nSPS) is 12.1. The van der Waals surface area contributed by atoms with Crippen LogP contribution in [0.2, 0.25) is 0 Å². The molecule has 0 aliphatic heterocycles. The van der Waals surface area contributed by atoms with Crippen molar-refractivity contribution in [2.24, 2.45) is 4.36 Å². The van der Waals surface area contributed by atoms with E-state index in [4.69, 9.17) is 9.47 Å². The van der Waals surface area contributed by atoms with E-state index in [0.717, 1.165) is 0 Å². The molecule has 3 aromatic rings. The fourth-order valence-corrected chi connectivity index (χ4v) is 3.84. The number of methoxy groups -OCH3 is 2. The van der Waals surface area contributed by atoms with Gasteiger partial charge >= 0.3 is 0 Å². The second-order valence-corrected chi connectivity index (χ2v) is 8.74. The highest BCUT2D eigenvalue weighted by Crippen LogP contribution is 2.30. The zero-order valence-electron chi connectivity index (χ0n) is 17.2. The molecule has 1 unspecified atom stereocenters. The molecule has 31 heavy (non-hydrogen) atoms. The molecule has 0 fully saturated rings. The fourth-order valence-electron chi connectivity index (χ4n) is 2.67. The topological polar surface area (TPSA) is 98.1 Å². The molecule has 0 saturated heterocycles. The van der Waals surface area contributed by atoms with E-state index in [-0.39, 0.29) is 11.3 Å². The lowest BCUT2D eigenvalue weighted by Crippen LogP contribution is -2.05. The number of benzene rings is 2. The smallest absolute Gasteiger partial charge is 0.286 e. The minimum atomic E-state index is -3.04. The number of aromatic nitrogens is 1. The minimum absolute atomic E-state index is 0.112. The maximum absolute atomic E-state index is 13.1. The number of aromatic hydroxyl groups is 1. The van der Waals surface area contributed by atoms with E-state index < -0.39 is 15.6 Å². The van der Waals surface area contributed by atoms with Crippen molar-refractivity contribution in [3.05, 3.63) is 77.6 Å².